The number of rotatable bonds is 6. The molecule has 1 aliphatic heterocycles. The molecule has 0 aromatic heterocycles. The van der Waals surface area contributed by atoms with Crippen LogP contribution < -0.4 is 9.47 Å². The first-order valence-corrected chi connectivity index (χ1v) is 7.98. The summed E-state index contributed by atoms with van der Waals surface area (Å²) in [5, 5.41) is 18.3. The monoisotopic (exact) mass is 369 g/mol. The third kappa shape index (κ3) is 3.37. The fourth-order valence-corrected chi connectivity index (χ4v) is 3.53. The number of thioether (sulfide) groups is 1. The number of aliphatic hydroxyl groups excluding tert-OH is 1. The predicted octanol–water partition coefficient (Wildman–Crippen LogP) is 1.35. The number of ether oxygens (including phenoxy) is 2. The number of aliphatic carboxylic acids is 1. The number of methoxy groups -OCH3 is 2. The number of carboxylic acid groups (broad SMARTS) is 1. The van der Waals surface area contributed by atoms with Gasteiger partial charge >= 0.3 is 5.97 Å². The second-order valence-corrected chi connectivity index (χ2v) is 6.35. The van der Waals surface area contributed by atoms with Crippen LogP contribution in [0.1, 0.15) is 5.56 Å². The highest BCUT2D eigenvalue weighted by atomic mass is 32.2. The fraction of sp³-hybridized carbons (Fsp3) is 0.267. The average molecular weight is 369 g/mol. The molecule has 0 bridgehead atoms. The summed E-state index contributed by atoms with van der Waals surface area (Å²) in [6, 6.07) is 3.78. The van der Waals surface area contributed by atoms with E-state index in [0.717, 1.165) is 16.7 Å². The second kappa shape index (κ2) is 7.65. The molecule has 2 rings (SSSR count). The van der Waals surface area contributed by atoms with Crippen LogP contribution in [-0.2, 0) is 9.59 Å². The molecule has 1 aromatic carbocycles. The Kier molecular flexibility index (Phi) is 5.81. The first-order valence-electron chi connectivity index (χ1n) is 6.76. The maximum absolute atomic E-state index is 12.5. The summed E-state index contributed by atoms with van der Waals surface area (Å²) >= 11 is 6.05. The molecule has 1 fully saturated rings. The first-order chi connectivity index (χ1) is 11.4. The van der Waals surface area contributed by atoms with Crippen LogP contribution in [0.4, 0.5) is 0 Å². The van der Waals surface area contributed by atoms with Crippen LogP contribution in [0, 0.1) is 0 Å². The molecule has 24 heavy (non-hydrogen) atoms. The van der Waals surface area contributed by atoms with E-state index in [1.165, 1.54) is 14.2 Å². The molecule has 0 radical (unpaired) electrons. The normalized spacial score (nSPS) is 17.3. The molecule has 1 aromatic rings. The van der Waals surface area contributed by atoms with Gasteiger partial charge in [0, 0.05) is 5.56 Å². The third-order valence-electron chi connectivity index (χ3n) is 3.31. The number of benzene rings is 1. The van der Waals surface area contributed by atoms with Crippen LogP contribution in [0.5, 0.6) is 11.5 Å². The lowest BCUT2D eigenvalue weighted by Crippen LogP contribution is -2.46. The molecule has 7 nitrogen and oxygen atoms in total. The van der Waals surface area contributed by atoms with E-state index in [9.17, 15) is 14.7 Å². The van der Waals surface area contributed by atoms with Crippen molar-refractivity contribution >= 4 is 46.3 Å². The summed E-state index contributed by atoms with van der Waals surface area (Å²) in [5.41, 5.74) is 0.591. The molecular weight excluding hydrogens is 354 g/mol. The van der Waals surface area contributed by atoms with Gasteiger partial charge in [0.25, 0.3) is 5.91 Å². The minimum atomic E-state index is -1.41. The molecule has 128 valence electrons. The van der Waals surface area contributed by atoms with Crippen molar-refractivity contribution in [1.29, 1.82) is 0 Å². The van der Waals surface area contributed by atoms with Gasteiger partial charge in [-0.15, -0.1) is 0 Å². The Balaban J connectivity index is 2.41. The molecule has 1 heterocycles. The molecule has 1 atom stereocenters. The van der Waals surface area contributed by atoms with E-state index in [2.05, 4.69) is 0 Å². The van der Waals surface area contributed by atoms with Gasteiger partial charge in [-0.1, -0.05) is 36.1 Å². The lowest BCUT2D eigenvalue weighted by molar-refractivity contribution is -0.146. The number of nitrogens with zero attached hydrogens (tertiary/aromatic N) is 1. The van der Waals surface area contributed by atoms with E-state index < -0.39 is 24.5 Å². The summed E-state index contributed by atoms with van der Waals surface area (Å²) in [5.74, 6) is -0.951. The number of hydrogen-bond donors (Lipinski definition) is 2. The fourth-order valence-electron chi connectivity index (χ4n) is 2.19. The van der Waals surface area contributed by atoms with Crippen molar-refractivity contribution in [3.05, 3.63) is 28.7 Å². The number of carboxylic acids is 1. The number of thiocarbonyl (C=S) groups is 1. The maximum Gasteiger partial charge on any atom is 0.329 e. The Hall–Kier alpha value is -2.10. The summed E-state index contributed by atoms with van der Waals surface area (Å²) in [7, 11) is 2.98. The van der Waals surface area contributed by atoms with Crippen LogP contribution in [-0.4, -0.2) is 58.2 Å². The minimum Gasteiger partial charge on any atom is -0.493 e. The van der Waals surface area contributed by atoms with E-state index in [4.69, 9.17) is 26.8 Å². The highest BCUT2D eigenvalue weighted by Crippen LogP contribution is 2.38. The Labute approximate surface area is 147 Å². The maximum atomic E-state index is 12.5. The van der Waals surface area contributed by atoms with Crippen LogP contribution in [0.25, 0.3) is 6.08 Å². The standard InChI is InChI=1S/C15H15NO6S2/c1-21-10-5-3-4-8(12(10)22-2)6-11-13(18)16(15(23)24-11)9(7-17)14(19)20/h3-6,9,17H,7H2,1-2H3,(H,19,20). The zero-order chi connectivity index (χ0) is 17.9. The minimum absolute atomic E-state index is 0.0783. The van der Waals surface area contributed by atoms with Gasteiger partial charge in [-0.25, -0.2) is 4.79 Å². The van der Waals surface area contributed by atoms with E-state index in [-0.39, 0.29) is 9.23 Å². The van der Waals surface area contributed by atoms with Gasteiger partial charge < -0.3 is 19.7 Å². The Bertz CT molecular complexity index is 718. The summed E-state index contributed by atoms with van der Waals surface area (Å²) in [4.78, 5) is 24.8. The smallest absolute Gasteiger partial charge is 0.329 e. The van der Waals surface area contributed by atoms with Gasteiger partial charge in [0.2, 0.25) is 0 Å². The van der Waals surface area contributed by atoms with Gasteiger partial charge in [0.15, 0.2) is 17.5 Å². The Morgan fingerprint density at radius 2 is 2.12 bits per heavy atom. The summed E-state index contributed by atoms with van der Waals surface area (Å²) in [6.07, 6.45) is 1.55. The van der Waals surface area contributed by atoms with Crippen molar-refractivity contribution in [3.8, 4) is 11.5 Å². The summed E-state index contributed by atoms with van der Waals surface area (Å²) in [6.45, 7) is -0.725. The Morgan fingerprint density at radius 1 is 1.42 bits per heavy atom. The number of aliphatic hydroxyl groups is 1. The largest absolute Gasteiger partial charge is 0.493 e. The van der Waals surface area contributed by atoms with Crippen LogP contribution in [0.2, 0.25) is 0 Å². The van der Waals surface area contributed by atoms with E-state index in [1.54, 1.807) is 24.3 Å². The van der Waals surface area contributed by atoms with Gasteiger partial charge in [0.05, 0.1) is 25.7 Å². The number of amides is 1. The topological polar surface area (TPSA) is 96.3 Å². The zero-order valence-electron chi connectivity index (χ0n) is 12.9. The lowest BCUT2D eigenvalue weighted by Gasteiger charge is -2.20. The number of hydrogen-bond acceptors (Lipinski definition) is 7. The van der Waals surface area contributed by atoms with Gasteiger partial charge in [-0.3, -0.25) is 9.69 Å². The van der Waals surface area contributed by atoms with E-state index in [0.29, 0.717) is 17.1 Å². The highest BCUT2D eigenvalue weighted by Gasteiger charge is 2.40. The van der Waals surface area contributed by atoms with Crippen molar-refractivity contribution in [3.63, 3.8) is 0 Å². The van der Waals surface area contributed by atoms with Crippen LogP contribution >= 0.6 is 24.0 Å². The molecule has 1 aliphatic rings. The third-order valence-corrected chi connectivity index (χ3v) is 4.64. The average Bonchev–Trinajstić information content (AvgIpc) is 2.82. The van der Waals surface area contributed by atoms with Crippen molar-refractivity contribution < 1.29 is 29.3 Å². The molecule has 9 heteroatoms. The van der Waals surface area contributed by atoms with Crippen molar-refractivity contribution in [2.24, 2.45) is 0 Å². The van der Waals surface area contributed by atoms with Crippen molar-refractivity contribution in [2.45, 2.75) is 6.04 Å². The number of carbonyl (C=O) groups is 2. The SMILES string of the molecule is COc1cccc(C=C2SC(=S)N(C(CO)C(=O)O)C2=O)c1OC. The quantitative estimate of drug-likeness (QED) is 0.573. The molecule has 1 amide bonds. The van der Waals surface area contributed by atoms with Crippen LogP contribution in [0.15, 0.2) is 23.1 Å². The van der Waals surface area contributed by atoms with Crippen molar-refractivity contribution in [2.75, 3.05) is 20.8 Å². The van der Waals surface area contributed by atoms with Gasteiger partial charge in [0.1, 0.15) is 4.32 Å². The second-order valence-electron chi connectivity index (χ2n) is 4.67. The predicted molar refractivity (Wildman–Crippen MR) is 93.1 cm³/mol. The highest BCUT2D eigenvalue weighted by molar-refractivity contribution is 8.26. The first kappa shape index (κ1) is 18.2. The van der Waals surface area contributed by atoms with Crippen LogP contribution in [0.3, 0.4) is 0 Å². The molecular formula is C15H15NO6S2. The van der Waals surface area contributed by atoms with E-state index in [1.807, 2.05) is 0 Å². The molecule has 0 spiro atoms. The molecule has 1 unspecified atom stereocenters. The van der Waals surface area contributed by atoms with Gasteiger partial charge in [-0.05, 0) is 12.1 Å². The Morgan fingerprint density at radius 3 is 2.67 bits per heavy atom. The molecule has 0 saturated carbocycles. The van der Waals surface area contributed by atoms with E-state index >= 15 is 0 Å². The summed E-state index contributed by atoms with van der Waals surface area (Å²) < 4.78 is 10.6. The van der Waals surface area contributed by atoms with Crippen molar-refractivity contribution in [1.82, 2.24) is 4.90 Å². The molecule has 0 aliphatic carbocycles. The lowest BCUT2D eigenvalue weighted by atomic mass is 10.1. The van der Waals surface area contributed by atoms with Gasteiger partial charge in [-0.2, -0.15) is 0 Å². The number of para-hydroxylation sites is 1. The molecule has 1 saturated heterocycles. The molecule has 2 N–H and O–H groups in total. The zero-order valence-corrected chi connectivity index (χ0v) is 14.5. The number of carbonyl (C=O) groups excluding carboxylic acids is 1.